The number of carbonyl (C=O) groups excluding carboxylic acids is 2. The first-order valence-electron chi connectivity index (χ1n) is 12.0. The molecule has 0 aliphatic heterocycles. The van der Waals surface area contributed by atoms with E-state index >= 15 is 0 Å². The number of carbonyl (C=O) groups is 2. The largest absolute Gasteiger partial charge is 0.399 e. The van der Waals surface area contributed by atoms with Crippen LogP contribution in [0.15, 0.2) is 85.1 Å². The number of hydrogen-bond donors (Lipinski definition) is 3. The first-order valence-corrected chi connectivity index (χ1v) is 12.0. The lowest BCUT2D eigenvalue weighted by Gasteiger charge is -2.28. The standard InChI is InChI=1S/C25H24N4O2.2C2H6/c1-29(23(30)15-18-16-27-22-10-6-5-9-21(18)22)24(17-7-3-2-4-8-17)25(31)28-20-13-11-19(26)12-14-20;2*1-2/h2-14,16,24,27H,15,26H2,1H3,(H,28,31);2*1-2H3. The third kappa shape index (κ3) is 6.96. The van der Waals surface area contributed by atoms with Crippen molar-refractivity contribution in [3.05, 3.63) is 96.2 Å². The number of benzene rings is 3. The fourth-order valence-corrected chi connectivity index (χ4v) is 3.67. The van der Waals surface area contributed by atoms with E-state index in [1.54, 1.807) is 31.3 Å². The van der Waals surface area contributed by atoms with Crippen molar-refractivity contribution in [3.8, 4) is 0 Å². The summed E-state index contributed by atoms with van der Waals surface area (Å²) in [7, 11) is 1.66. The van der Waals surface area contributed by atoms with Crippen LogP contribution in [0.25, 0.3) is 10.9 Å². The summed E-state index contributed by atoms with van der Waals surface area (Å²) in [5.74, 6) is -0.434. The van der Waals surface area contributed by atoms with E-state index in [4.69, 9.17) is 5.73 Å². The maximum Gasteiger partial charge on any atom is 0.251 e. The van der Waals surface area contributed by atoms with Crippen molar-refractivity contribution in [2.75, 3.05) is 18.1 Å². The number of nitrogens with one attached hydrogen (secondary N) is 2. The van der Waals surface area contributed by atoms with E-state index in [0.717, 1.165) is 22.0 Å². The highest BCUT2D eigenvalue weighted by Gasteiger charge is 2.29. The van der Waals surface area contributed by atoms with Gasteiger partial charge in [-0.05, 0) is 41.5 Å². The number of para-hydroxylation sites is 1. The van der Waals surface area contributed by atoms with Crippen LogP contribution in [0.1, 0.15) is 44.9 Å². The number of rotatable bonds is 6. The minimum atomic E-state index is -0.767. The second-order valence-electron chi connectivity index (χ2n) is 7.47. The number of likely N-dealkylation sites (N-methyl/N-ethyl adjacent to an activating group) is 1. The Labute approximate surface area is 208 Å². The van der Waals surface area contributed by atoms with Gasteiger partial charge in [-0.15, -0.1) is 0 Å². The number of nitrogens with two attached hydrogens (primary N) is 1. The molecule has 0 aliphatic rings. The van der Waals surface area contributed by atoms with Gasteiger partial charge in [-0.25, -0.2) is 0 Å². The van der Waals surface area contributed by atoms with E-state index in [-0.39, 0.29) is 18.2 Å². The van der Waals surface area contributed by atoms with Crippen molar-refractivity contribution in [2.45, 2.75) is 40.2 Å². The summed E-state index contributed by atoms with van der Waals surface area (Å²) in [6, 6.07) is 23.3. The number of nitrogens with zero attached hydrogens (tertiary/aromatic N) is 1. The fraction of sp³-hybridized carbons (Fsp3) is 0.241. The summed E-state index contributed by atoms with van der Waals surface area (Å²) in [6.07, 6.45) is 2.04. The summed E-state index contributed by atoms with van der Waals surface area (Å²) < 4.78 is 0. The van der Waals surface area contributed by atoms with Gasteiger partial charge in [0.25, 0.3) is 5.91 Å². The van der Waals surface area contributed by atoms with E-state index in [2.05, 4.69) is 10.3 Å². The molecule has 0 saturated heterocycles. The molecule has 1 unspecified atom stereocenters. The van der Waals surface area contributed by atoms with Crippen molar-refractivity contribution in [3.63, 3.8) is 0 Å². The summed E-state index contributed by atoms with van der Waals surface area (Å²) in [6.45, 7) is 8.00. The molecule has 0 radical (unpaired) electrons. The van der Waals surface area contributed by atoms with Gasteiger partial charge in [0.1, 0.15) is 6.04 Å². The number of H-pyrrole nitrogens is 1. The van der Waals surface area contributed by atoms with Gasteiger partial charge in [0, 0.05) is 35.5 Å². The molecule has 0 aliphatic carbocycles. The van der Waals surface area contributed by atoms with Crippen molar-refractivity contribution in [1.29, 1.82) is 0 Å². The predicted molar refractivity (Wildman–Crippen MR) is 146 cm³/mol. The number of anilines is 2. The Kier molecular flexibility index (Phi) is 10.6. The average molecular weight is 473 g/mol. The molecule has 0 saturated carbocycles. The minimum Gasteiger partial charge on any atom is -0.399 e. The van der Waals surface area contributed by atoms with Crippen LogP contribution in [-0.4, -0.2) is 28.7 Å². The number of hydrogen-bond acceptors (Lipinski definition) is 3. The zero-order valence-electron chi connectivity index (χ0n) is 21.2. The third-order valence-electron chi connectivity index (χ3n) is 5.34. The summed E-state index contributed by atoms with van der Waals surface area (Å²) >= 11 is 0. The van der Waals surface area contributed by atoms with Crippen LogP contribution in [-0.2, 0) is 16.0 Å². The highest BCUT2D eigenvalue weighted by Crippen LogP contribution is 2.25. The van der Waals surface area contributed by atoms with Crippen LogP contribution >= 0.6 is 0 Å². The van der Waals surface area contributed by atoms with Crippen molar-refractivity contribution >= 4 is 34.1 Å². The third-order valence-corrected chi connectivity index (χ3v) is 5.34. The van der Waals surface area contributed by atoms with Gasteiger partial charge < -0.3 is 20.9 Å². The summed E-state index contributed by atoms with van der Waals surface area (Å²) in [5.41, 5.74) is 9.59. The Morgan fingerprint density at radius 1 is 0.886 bits per heavy atom. The van der Waals surface area contributed by atoms with Crippen LogP contribution in [0.2, 0.25) is 0 Å². The highest BCUT2D eigenvalue weighted by molar-refractivity contribution is 5.98. The summed E-state index contributed by atoms with van der Waals surface area (Å²) in [4.78, 5) is 31.1. The first kappa shape index (κ1) is 27.2. The monoisotopic (exact) mass is 472 g/mol. The average Bonchev–Trinajstić information content (AvgIpc) is 3.31. The molecule has 0 bridgehead atoms. The molecule has 4 N–H and O–H groups in total. The Morgan fingerprint density at radius 2 is 1.49 bits per heavy atom. The summed E-state index contributed by atoms with van der Waals surface area (Å²) in [5, 5.41) is 3.90. The molecule has 0 fully saturated rings. The normalized spacial score (nSPS) is 10.8. The second kappa shape index (κ2) is 13.6. The fourth-order valence-electron chi connectivity index (χ4n) is 3.67. The van der Waals surface area contributed by atoms with E-state index in [9.17, 15) is 9.59 Å². The predicted octanol–water partition coefficient (Wildman–Crippen LogP) is 6.18. The van der Waals surface area contributed by atoms with Crippen LogP contribution in [0, 0.1) is 0 Å². The van der Waals surface area contributed by atoms with Crippen LogP contribution in [0.4, 0.5) is 11.4 Å². The minimum absolute atomic E-state index is 0.147. The molecule has 1 atom stereocenters. The quantitative estimate of drug-likeness (QED) is 0.293. The van der Waals surface area contributed by atoms with Gasteiger partial charge in [0.05, 0.1) is 6.42 Å². The molecule has 2 amide bonds. The second-order valence-corrected chi connectivity index (χ2v) is 7.47. The van der Waals surface area contributed by atoms with E-state index in [1.165, 1.54) is 4.90 Å². The lowest BCUT2D eigenvalue weighted by Crippen LogP contribution is -2.39. The van der Waals surface area contributed by atoms with Gasteiger partial charge in [0.2, 0.25) is 5.91 Å². The Bertz CT molecular complexity index is 1200. The molecular weight excluding hydrogens is 436 g/mol. The van der Waals surface area contributed by atoms with E-state index < -0.39 is 6.04 Å². The molecule has 6 heteroatoms. The maximum absolute atomic E-state index is 13.2. The van der Waals surface area contributed by atoms with Crippen LogP contribution in [0.5, 0.6) is 0 Å². The Balaban J connectivity index is 0.00000103. The molecule has 4 aromatic rings. The molecule has 0 spiro atoms. The van der Waals surface area contributed by atoms with Gasteiger partial charge in [0.15, 0.2) is 0 Å². The van der Waals surface area contributed by atoms with Crippen molar-refractivity contribution in [2.24, 2.45) is 0 Å². The van der Waals surface area contributed by atoms with Crippen LogP contribution in [0.3, 0.4) is 0 Å². The smallest absolute Gasteiger partial charge is 0.251 e. The lowest BCUT2D eigenvalue weighted by molar-refractivity contribution is -0.136. The van der Waals surface area contributed by atoms with Crippen molar-refractivity contribution in [1.82, 2.24) is 9.88 Å². The molecule has 1 heterocycles. The number of amides is 2. The number of aromatic nitrogens is 1. The van der Waals surface area contributed by atoms with E-state index in [0.29, 0.717) is 11.4 Å². The molecule has 1 aromatic heterocycles. The van der Waals surface area contributed by atoms with E-state index in [1.807, 2.05) is 88.5 Å². The highest BCUT2D eigenvalue weighted by atomic mass is 16.2. The number of fused-ring (bicyclic) bond motifs is 1. The molecule has 3 aromatic carbocycles. The molecular formula is C29H36N4O2. The lowest BCUT2D eigenvalue weighted by atomic mass is 10.0. The first-order chi connectivity index (χ1) is 17.0. The molecule has 35 heavy (non-hydrogen) atoms. The topological polar surface area (TPSA) is 91.2 Å². The Morgan fingerprint density at radius 3 is 2.14 bits per heavy atom. The van der Waals surface area contributed by atoms with Crippen molar-refractivity contribution < 1.29 is 9.59 Å². The molecule has 4 rings (SSSR count). The molecule has 6 nitrogen and oxygen atoms in total. The number of aromatic amines is 1. The SMILES string of the molecule is CC.CC.CN(C(=O)Cc1c[nH]c2ccccc12)C(C(=O)Nc1ccc(N)cc1)c1ccccc1. The van der Waals surface area contributed by atoms with Gasteiger partial charge >= 0.3 is 0 Å². The van der Waals surface area contributed by atoms with Crippen LogP contribution < -0.4 is 11.1 Å². The van der Waals surface area contributed by atoms with Gasteiger partial charge in [-0.3, -0.25) is 9.59 Å². The zero-order chi connectivity index (χ0) is 25.8. The van der Waals surface area contributed by atoms with Gasteiger partial charge in [-0.2, -0.15) is 0 Å². The Hall–Kier alpha value is -4.06. The number of nitrogen functional groups attached to an aromatic ring is 1. The maximum atomic E-state index is 13.2. The van der Waals surface area contributed by atoms with Gasteiger partial charge in [-0.1, -0.05) is 76.2 Å². The zero-order valence-corrected chi connectivity index (χ0v) is 21.2. The molecule has 184 valence electrons.